The van der Waals surface area contributed by atoms with Gasteiger partial charge in [0.2, 0.25) is 0 Å². The molecular weight excluding hydrogens is 401 g/mol. The van der Waals surface area contributed by atoms with Gasteiger partial charge in [0.1, 0.15) is 11.5 Å². The van der Waals surface area contributed by atoms with Crippen LogP contribution >= 0.6 is 11.3 Å². The lowest BCUT2D eigenvalue weighted by Gasteiger charge is -2.10. The predicted octanol–water partition coefficient (Wildman–Crippen LogP) is 5.74. The minimum atomic E-state index is -0.446. The van der Waals surface area contributed by atoms with Crippen molar-refractivity contribution >= 4 is 22.7 Å². The molecular formula is C23H18FN3O2S. The van der Waals surface area contributed by atoms with Gasteiger partial charge in [-0.1, -0.05) is 54.6 Å². The second-order valence-electron chi connectivity index (χ2n) is 6.63. The standard InChI is InChI=1S/C23H18FN3O2S/c24-19-11-5-4-10-18(19)22-16-30-23(25-20-12-6-7-13-21(20)27(28)29)26(22)15-14-17-8-2-1-3-9-17/h1-13,16H,14-15H2. The SMILES string of the molecule is O=[N+]([O-])c1ccccc1N=c1scc(-c2ccccc2F)n1CCc1ccccc1. The number of hydrogen-bond donors (Lipinski definition) is 0. The van der Waals surface area contributed by atoms with Gasteiger partial charge in [-0.2, -0.15) is 0 Å². The summed E-state index contributed by atoms with van der Waals surface area (Å²) in [4.78, 5) is 16.1. The highest BCUT2D eigenvalue weighted by molar-refractivity contribution is 7.07. The summed E-state index contributed by atoms with van der Waals surface area (Å²) in [5.41, 5.74) is 2.54. The summed E-state index contributed by atoms with van der Waals surface area (Å²) in [6.07, 6.45) is 0.725. The van der Waals surface area contributed by atoms with Gasteiger partial charge in [0.15, 0.2) is 4.80 Å². The maximum atomic E-state index is 14.5. The summed E-state index contributed by atoms with van der Waals surface area (Å²) in [6, 6.07) is 22.9. The third-order valence-corrected chi connectivity index (χ3v) is 5.57. The number of benzene rings is 3. The molecule has 4 aromatic rings. The Morgan fingerprint density at radius 1 is 0.967 bits per heavy atom. The van der Waals surface area contributed by atoms with E-state index in [4.69, 9.17) is 0 Å². The first-order chi connectivity index (χ1) is 14.6. The number of aryl methyl sites for hydroxylation is 1. The Morgan fingerprint density at radius 2 is 1.67 bits per heavy atom. The zero-order chi connectivity index (χ0) is 20.9. The third-order valence-electron chi connectivity index (χ3n) is 4.71. The van der Waals surface area contributed by atoms with Crippen molar-refractivity contribution in [3.63, 3.8) is 0 Å². The van der Waals surface area contributed by atoms with Gasteiger partial charge in [0, 0.05) is 23.6 Å². The smallest absolute Gasteiger partial charge is 0.294 e. The van der Waals surface area contributed by atoms with Crippen molar-refractivity contribution in [3.8, 4) is 11.3 Å². The van der Waals surface area contributed by atoms with Crippen LogP contribution < -0.4 is 4.80 Å². The van der Waals surface area contributed by atoms with E-state index in [-0.39, 0.29) is 17.2 Å². The number of aromatic nitrogens is 1. The molecule has 0 radical (unpaired) electrons. The summed E-state index contributed by atoms with van der Waals surface area (Å²) in [5.74, 6) is -0.319. The van der Waals surface area contributed by atoms with E-state index < -0.39 is 4.92 Å². The molecule has 0 fully saturated rings. The summed E-state index contributed by atoms with van der Waals surface area (Å²) >= 11 is 1.34. The first kappa shape index (κ1) is 19.7. The van der Waals surface area contributed by atoms with Crippen LogP contribution in [0.2, 0.25) is 0 Å². The minimum absolute atomic E-state index is 0.0621. The van der Waals surface area contributed by atoms with E-state index >= 15 is 0 Å². The number of rotatable bonds is 6. The molecule has 0 aliphatic heterocycles. The fourth-order valence-electron chi connectivity index (χ4n) is 3.22. The number of nitrogens with zero attached hydrogens (tertiary/aromatic N) is 3. The highest BCUT2D eigenvalue weighted by atomic mass is 32.1. The van der Waals surface area contributed by atoms with Crippen LogP contribution in [-0.4, -0.2) is 9.49 Å². The number of halogens is 1. The summed E-state index contributed by atoms with van der Waals surface area (Å²) in [7, 11) is 0. The van der Waals surface area contributed by atoms with Crippen LogP contribution in [0.15, 0.2) is 89.2 Å². The van der Waals surface area contributed by atoms with Crippen molar-refractivity contribution < 1.29 is 9.31 Å². The average molecular weight is 419 g/mol. The van der Waals surface area contributed by atoms with Crippen LogP contribution in [0.1, 0.15) is 5.56 Å². The van der Waals surface area contributed by atoms with Crippen molar-refractivity contribution in [3.05, 3.63) is 111 Å². The maximum Gasteiger partial charge on any atom is 0.294 e. The molecule has 0 aliphatic carbocycles. The quantitative estimate of drug-likeness (QED) is 0.296. The topological polar surface area (TPSA) is 60.4 Å². The number of nitro groups is 1. The number of para-hydroxylation sites is 2. The van der Waals surface area contributed by atoms with Crippen LogP contribution in [-0.2, 0) is 13.0 Å². The lowest BCUT2D eigenvalue weighted by molar-refractivity contribution is -0.384. The third kappa shape index (κ3) is 4.21. The Kier molecular flexibility index (Phi) is 5.81. The van der Waals surface area contributed by atoms with Gasteiger partial charge in [-0.3, -0.25) is 10.1 Å². The summed E-state index contributed by atoms with van der Waals surface area (Å²) in [5, 5.41) is 13.2. The summed E-state index contributed by atoms with van der Waals surface area (Å²) < 4.78 is 16.4. The molecule has 4 rings (SSSR count). The van der Waals surface area contributed by atoms with E-state index in [1.807, 2.05) is 40.3 Å². The Balaban J connectivity index is 1.83. The van der Waals surface area contributed by atoms with Crippen molar-refractivity contribution in [2.24, 2.45) is 4.99 Å². The maximum absolute atomic E-state index is 14.5. The van der Waals surface area contributed by atoms with Gasteiger partial charge >= 0.3 is 0 Å². The van der Waals surface area contributed by atoms with Crippen LogP contribution in [0.4, 0.5) is 15.8 Å². The molecule has 3 aromatic carbocycles. The van der Waals surface area contributed by atoms with Gasteiger partial charge in [0.25, 0.3) is 5.69 Å². The van der Waals surface area contributed by atoms with Gasteiger partial charge in [-0.05, 0) is 30.2 Å². The second-order valence-corrected chi connectivity index (χ2v) is 7.46. The van der Waals surface area contributed by atoms with E-state index in [9.17, 15) is 14.5 Å². The normalized spacial score (nSPS) is 11.6. The van der Waals surface area contributed by atoms with Crippen LogP contribution in [0, 0.1) is 15.9 Å². The molecule has 0 N–H and O–H groups in total. The molecule has 0 saturated carbocycles. The zero-order valence-corrected chi connectivity index (χ0v) is 16.8. The molecule has 0 atom stereocenters. The Morgan fingerprint density at radius 3 is 2.43 bits per heavy atom. The molecule has 5 nitrogen and oxygen atoms in total. The van der Waals surface area contributed by atoms with E-state index in [1.54, 1.807) is 36.4 Å². The molecule has 1 heterocycles. The first-order valence-corrected chi connectivity index (χ1v) is 10.3. The molecule has 0 saturated heterocycles. The first-order valence-electron chi connectivity index (χ1n) is 9.39. The Bertz CT molecular complexity index is 1250. The number of thiazole rings is 1. The molecule has 0 bridgehead atoms. The monoisotopic (exact) mass is 419 g/mol. The largest absolute Gasteiger partial charge is 0.316 e. The van der Waals surface area contributed by atoms with Crippen LogP contribution in [0.25, 0.3) is 11.3 Å². The predicted molar refractivity (Wildman–Crippen MR) is 116 cm³/mol. The summed E-state index contributed by atoms with van der Waals surface area (Å²) in [6.45, 7) is 0.566. The lowest BCUT2D eigenvalue weighted by atomic mass is 10.1. The molecule has 1 aromatic heterocycles. The molecule has 0 unspecified atom stereocenters. The highest BCUT2D eigenvalue weighted by Crippen LogP contribution is 2.27. The number of nitro benzene ring substituents is 1. The van der Waals surface area contributed by atoms with Crippen molar-refractivity contribution in [2.45, 2.75) is 13.0 Å². The van der Waals surface area contributed by atoms with Gasteiger partial charge in [0.05, 0.1) is 10.6 Å². The van der Waals surface area contributed by atoms with Crippen LogP contribution in [0.3, 0.4) is 0 Å². The van der Waals surface area contributed by atoms with E-state index in [1.165, 1.54) is 23.5 Å². The molecule has 30 heavy (non-hydrogen) atoms. The lowest BCUT2D eigenvalue weighted by Crippen LogP contribution is -2.17. The molecule has 0 spiro atoms. The van der Waals surface area contributed by atoms with Gasteiger partial charge < -0.3 is 4.57 Å². The van der Waals surface area contributed by atoms with E-state index in [2.05, 4.69) is 4.99 Å². The Labute approximate surface area is 176 Å². The number of hydrogen-bond acceptors (Lipinski definition) is 4. The highest BCUT2D eigenvalue weighted by Gasteiger charge is 2.15. The minimum Gasteiger partial charge on any atom is -0.316 e. The van der Waals surface area contributed by atoms with Gasteiger partial charge in [-0.25, -0.2) is 9.38 Å². The van der Waals surface area contributed by atoms with Crippen LogP contribution in [0.5, 0.6) is 0 Å². The van der Waals surface area contributed by atoms with Gasteiger partial charge in [-0.15, -0.1) is 11.3 Å². The van der Waals surface area contributed by atoms with Crippen molar-refractivity contribution in [1.82, 2.24) is 4.57 Å². The van der Waals surface area contributed by atoms with Crippen molar-refractivity contribution in [2.75, 3.05) is 0 Å². The van der Waals surface area contributed by atoms with Crippen molar-refractivity contribution in [1.29, 1.82) is 0 Å². The zero-order valence-electron chi connectivity index (χ0n) is 15.9. The Hall–Kier alpha value is -3.58. The van der Waals surface area contributed by atoms with E-state index in [0.717, 1.165) is 12.0 Å². The average Bonchev–Trinajstić information content (AvgIpc) is 3.15. The molecule has 0 aliphatic rings. The molecule has 150 valence electrons. The molecule has 0 amide bonds. The fourth-order valence-corrected chi connectivity index (χ4v) is 4.16. The fraction of sp³-hybridized carbons (Fsp3) is 0.0870. The van der Waals surface area contributed by atoms with E-state index in [0.29, 0.717) is 22.6 Å². The second kappa shape index (κ2) is 8.84. The molecule has 7 heteroatoms.